The predicted octanol–water partition coefficient (Wildman–Crippen LogP) is 1.64. The molecule has 2 aliphatic heterocycles. The van der Waals surface area contributed by atoms with Crippen LogP contribution in [0.4, 0.5) is 0 Å². The van der Waals surface area contributed by atoms with Gasteiger partial charge in [-0.3, -0.25) is 9.48 Å². The number of aryl methyl sites for hydroxylation is 1. The maximum atomic E-state index is 12.6. The number of nitrogens with zero attached hydrogens (tertiary/aromatic N) is 4. The highest BCUT2D eigenvalue weighted by Gasteiger charge is 2.52. The number of rotatable bonds is 3. The number of ether oxygens (including phenoxy) is 1. The zero-order chi connectivity index (χ0) is 17.5. The van der Waals surface area contributed by atoms with E-state index in [0.717, 1.165) is 24.4 Å². The lowest BCUT2D eigenvalue weighted by Crippen LogP contribution is -2.47. The summed E-state index contributed by atoms with van der Waals surface area (Å²) in [5, 5.41) is 17.6. The number of carbonyl (C=O) groups is 1. The highest BCUT2D eigenvalue weighted by molar-refractivity contribution is 7.09. The number of thiazole rings is 1. The van der Waals surface area contributed by atoms with Gasteiger partial charge in [-0.2, -0.15) is 5.10 Å². The van der Waals surface area contributed by atoms with Crippen molar-refractivity contribution in [3.05, 3.63) is 34.5 Å². The molecule has 0 bridgehead atoms. The van der Waals surface area contributed by atoms with Gasteiger partial charge >= 0.3 is 0 Å². The molecule has 2 saturated heterocycles. The van der Waals surface area contributed by atoms with Gasteiger partial charge in [0.25, 0.3) is 5.91 Å². The summed E-state index contributed by atoms with van der Waals surface area (Å²) in [7, 11) is 0. The van der Waals surface area contributed by atoms with Crippen molar-refractivity contribution in [3.63, 3.8) is 0 Å². The van der Waals surface area contributed by atoms with Gasteiger partial charge in [0.05, 0.1) is 24.0 Å². The third-order valence-electron chi connectivity index (χ3n) is 5.23. The van der Waals surface area contributed by atoms with Crippen LogP contribution in [0.25, 0.3) is 0 Å². The van der Waals surface area contributed by atoms with Gasteiger partial charge < -0.3 is 14.7 Å². The Morgan fingerprint density at radius 1 is 1.44 bits per heavy atom. The number of aromatic nitrogens is 3. The van der Waals surface area contributed by atoms with E-state index in [0.29, 0.717) is 25.1 Å². The van der Waals surface area contributed by atoms with E-state index >= 15 is 0 Å². The summed E-state index contributed by atoms with van der Waals surface area (Å²) in [5.74, 6) is 0.0164. The normalized spacial score (nSPS) is 25.6. The molecule has 4 rings (SSSR count). The van der Waals surface area contributed by atoms with Gasteiger partial charge in [0.1, 0.15) is 10.6 Å². The highest BCUT2D eigenvalue weighted by atomic mass is 32.1. The molecular weight excluding hydrogens is 340 g/mol. The fraction of sp³-hybridized carbons (Fsp3) is 0.588. The maximum Gasteiger partial charge on any atom is 0.257 e. The monoisotopic (exact) mass is 362 g/mol. The highest BCUT2D eigenvalue weighted by Crippen LogP contribution is 2.45. The Kier molecular flexibility index (Phi) is 4.13. The molecule has 2 fully saturated rings. The van der Waals surface area contributed by atoms with E-state index in [2.05, 4.69) is 10.1 Å². The lowest BCUT2D eigenvalue weighted by atomic mass is 9.83. The van der Waals surface area contributed by atoms with Crippen molar-refractivity contribution in [3.8, 4) is 0 Å². The van der Waals surface area contributed by atoms with Gasteiger partial charge in [0.2, 0.25) is 0 Å². The Labute approximate surface area is 150 Å². The van der Waals surface area contributed by atoms with Crippen molar-refractivity contribution in [1.29, 1.82) is 0 Å². The average molecular weight is 362 g/mol. The SMILES string of the molecule is CCn1cc(C(=O)N2CCC3(CC2)C[C@@](O)(c2nccs2)CO3)cn1. The second kappa shape index (κ2) is 6.19. The zero-order valence-corrected chi connectivity index (χ0v) is 15.0. The molecule has 1 N–H and O–H groups in total. The summed E-state index contributed by atoms with van der Waals surface area (Å²) in [4.78, 5) is 18.7. The van der Waals surface area contributed by atoms with Gasteiger partial charge in [-0.25, -0.2) is 4.98 Å². The fourth-order valence-corrected chi connectivity index (χ4v) is 4.49. The molecule has 7 nitrogen and oxygen atoms in total. The predicted molar refractivity (Wildman–Crippen MR) is 92.3 cm³/mol. The molecule has 1 spiro atoms. The second-order valence-corrected chi connectivity index (χ2v) is 7.79. The van der Waals surface area contributed by atoms with Crippen LogP contribution in [0.1, 0.15) is 41.6 Å². The molecule has 2 aromatic heterocycles. The lowest BCUT2D eigenvalue weighted by Gasteiger charge is -2.38. The van der Waals surface area contributed by atoms with E-state index in [1.807, 2.05) is 17.2 Å². The molecule has 0 saturated carbocycles. The van der Waals surface area contributed by atoms with E-state index < -0.39 is 5.60 Å². The standard InChI is InChI=1S/C17H22N4O3S/c1-2-21-10-13(9-19-21)14(22)20-6-3-16(4-7-20)11-17(23,12-24-16)15-18-5-8-25-15/h5,8-10,23H,2-4,6-7,11-12H2,1H3/t17-/m0/s1. The number of piperidine rings is 1. The van der Waals surface area contributed by atoms with Crippen LogP contribution in [-0.4, -0.2) is 56.0 Å². The molecule has 0 radical (unpaired) electrons. The van der Waals surface area contributed by atoms with E-state index in [9.17, 15) is 9.90 Å². The van der Waals surface area contributed by atoms with Crippen LogP contribution in [0.5, 0.6) is 0 Å². The molecule has 2 aromatic rings. The van der Waals surface area contributed by atoms with Crippen LogP contribution < -0.4 is 0 Å². The topological polar surface area (TPSA) is 80.5 Å². The van der Waals surface area contributed by atoms with Crippen LogP contribution in [0.15, 0.2) is 24.0 Å². The molecule has 1 atom stereocenters. The molecule has 134 valence electrons. The Hall–Kier alpha value is -1.77. The Bertz CT molecular complexity index is 752. The summed E-state index contributed by atoms with van der Waals surface area (Å²) >= 11 is 1.46. The van der Waals surface area contributed by atoms with Gasteiger partial charge in [-0.15, -0.1) is 11.3 Å². The molecule has 2 aliphatic rings. The molecule has 0 unspecified atom stereocenters. The summed E-state index contributed by atoms with van der Waals surface area (Å²) in [6.45, 7) is 4.28. The number of hydrogen-bond acceptors (Lipinski definition) is 6. The Balaban J connectivity index is 1.41. The summed E-state index contributed by atoms with van der Waals surface area (Å²) in [6, 6.07) is 0. The van der Waals surface area contributed by atoms with Crippen LogP contribution >= 0.6 is 11.3 Å². The number of aliphatic hydroxyl groups is 1. The van der Waals surface area contributed by atoms with Crippen LogP contribution in [0.3, 0.4) is 0 Å². The average Bonchev–Trinajstić information content (AvgIpc) is 3.36. The van der Waals surface area contributed by atoms with Crippen molar-refractivity contribution in [2.75, 3.05) is 19.7 Å². The zero-order valence-electron chi connectivity index (χ0n) is 14.2. The molecule has 1 amide bonds. The van der Waals surface area contributed by atoms with Crippen LogP contribution in [0, 0.1) is 0 Å². The first-order chi connectivity index (χ1) is 12.0. The first-order valence-corrected chi connectivity index (χ1v) is 9.50. The molecule has 4 heterocycles. The molecule has 8 heteroatoms. The Morgan fingerprint density at radius 2 is 2.24 bits per heavy atom. The summed E-state index contributed by atoms with van der Waals surface area (Å²) < 4.78 is 7.80. The first kappa shape index (κ1) is 16.7. The number of hydrogen-bond donors (Lipinski definition) is 1. The number of amides is 1. The molecule has 25 heavy (non-hydrogen) atoms. The quantitative estimate of drug-likeness (QED) is 0.898. The van der Waals surface area contributed by atoms with Gasteiger partial charge in [-0.05, 0) is 19.8 Å². The second-order valence-electron chi connectivity index (χ2n) is 6.89. The smallest absolute Gasteiger partial charge is 0.257 e. The summed E-state index contributed by atoms with van der Waals surface area (Å²) in [5.41, 5.74) is -0.725. The lowest BCUT2D eigenvalue weighted by molar-refractivity contribution is -0.0431. The maximum absolute atomic E-state index is 12.6. The van der Waals surface area contributed by atoms with E-state index in [1.54, 1.807) is 23.3 Å². The van der Waals surface area contributed by atoms with Crippen LogP contribution in [0.2, 0.25) is 0 Å². The third kappa shape index (κ3) is 2.98. The molecular formula is C17H22N4O3S. The van der Waals surface area contributed by atoms with Crippen molar-refractivity contribution >= 4 is 17.2 Å². The Morgan fingerprint density at radius 3 is 2.88 bits per heavy atom. The largest absolute Gasteiger partial charge is 0.380 e. The van der Waals surface area contributed by atoms with Crippen LogP contribution in [-0.2, 0) is 16.9 Å². The van der Waals surface area contributed by atoms with Crippen molar-refractivity contribution in [2.45, 2.75) is 43.9 Å². The van der Waals surface area contributed by atoms with Crippen molar-refractivity contribution < 1.29 is 14.6 Å². The third-order valence-corrected chi connectivity index (χ3v) is 6.19. The van der Waals surface area contributed by atoms with Crippen molar-refractivity contribution in [2.24, 2.45) is 0 Å². The van der Waals surface area contributed by atoms with Gasteiger partial charge in [0, 0.05) is 43.8 Å². The van der Waals surface area contributed by atoms with Gasteiger partial charge in [-0.1, -0.05) is 0 Å². The molecule has 0 aromatic carbocycles. The number of likely N-dealkylation sites (tertiary alicyclic amines) is 1. The van der Waals surface area contributed by atoms with Gasteiger partial charge in [0.15, 0.2) is 0 Å². The number of carbonyl (C=O) groups excluding carboxylic acids is 1. The molecule has 0 aliphatic carbocycles. The van der Waals surface area contributed by atoms with E-state index in [1.165, 1.54) is 11.3 Å². The minimum Gasteiger partial charge on any atom is -0.380 e. The summed E-state index contributed by atoms with van der Waals surface area (Å²) in [6.07, 6.45) is 7.14. The van der Waals surface area contributed by atoms with Crippen molar-refractivity contribution in [1.82, 2.24) is 19.7 Å². The fourth-order valence-electron chi connectivity index (χ4n) is 3.77. The minimum atomic E-state index is -0.997. The minimum absolute atomic E-state index is 0.0164. The van der Waals surface area contributed by atoms with E-state index in [4.69, 9.17) is 4.74 Å². The van der Waals surface area contributed by atoms with E-state index in [-0.39, 0.29) is 18.1 Å². The first-order valence-electron chi connectivity index (χ1n) is 8.62.